The van der Waals surface area contributed by atoms with Crippen LogP contribution in [-0.2, 0) is 22.0 Å². The maximum Gasteiger partial charge on any atom is 0.435 e. The van der Waals surface area contributed by atoms with Crippen LogP contribution in [-0.4, -0.2) is 18.4 Å². The van der Waals surface area contributed by atoms with Gasteiger partial charge in [0.1, 0.15) is 0 Å². The largest absolute Gasteiger partial charge is 0.435 e. The van der Waals surface area contributed by atoms with Crippen LogP contribution in [0.3, 0.4) is 0 Å². The lowest BCUT2D eigenvalue weighted by Gasteiger charge is -2.15. The Kier molecular flexibility index (Phi) is 5.94. The van der Waals surface area contributed by atoms with Crippen molar-refractivity contribution in [1.29, 1.82) is 0 Å². The van der Waals surface area contributed by atoms with Gasteiger partial charge in [-0.15, -0.1) is 0 Å². The van der Waals surface area contributed by atoms with E-state index >= 15 is 0 Å². The zero-order valence-electron chi connectivity index (χ0n) is 14.6. The molecule has 2 N–H and O–H groups in total. The fourth-order valence-corrected chi connectivity index (χ4v) is 3.80. The van der Waals surface area contributed by atoms with Gasteiger partial charge in [0, 0.05) is 10.7 Å². The minimum Gasteiger partial charge on any atom is -0.324 e. The third-order valence-corrected chi connectivity index (χ3v) is 5.08. The number of aromatic nitrogens is 2. The lowest BCUT2D eigenvalue weighted by molar-refractivity contribution is -0.140. The van der Waals surface area contributed by atoms with Gasteiger partial charge in [-0.05, 0) is 23.8 Å². The topological polar surface area (TPSA) is 84.0 Å². The molecule has 0 atom stereocenters. The zero-order valence-corrected chi connectivity index (χ0v) is 16.2. The minimum atomic E-state index is -4.90. The average Bonchev–Trinajstić information content (AvgIpc) is 2.62. The Morgan fingerprint density at radius 1 is 1.03 bits per heavy atom. The van der Waals surface area contributed by atoms with Crippen molar-refractivity contribution in [3.05, 3.63) is 77.1 Å². The highest BCUT2D eigenvalue weighted by Gasteiger charge is 2.37. The molecular weight excluding hydrogens is 429 g/mol. The SMILES string of the molecule is O=S(=O)(Cc1ccccc1)Nc1cnc(Nc2cccc(Cl)c2)nc1C(F)(F)F. The van der Waals surface area contributed by atoms with Gasteiger partial charge in [0.2, 0.25) is 16.0 Å². The van der Waals surface area contributed by atoms with Crippen LogP contribution in [0.5, 0.6) is 0 Å². The van der Waals surface area contributed by atoms with Crippen molar-refractivity contribution in [2.75, 3.05) is 10.0 Å². The van der Waals surface area contributed by atoms with E-state index in [0.717, 1.165) is 6.20 Å². The fraction of sp³-hybridized carbons (Fsp3) is 0.111. The van der Waals surface area contributed by atoms with Gasteiger partial charge < -0.3 is 5.32 Å². The monoisotopic (exact) mass is 442 g/mol. The number of rotatable bonds is 6. The predicted octanol–water partition coefficient (Wildman–Crippen LogP) is 4.83. The summed E-state index contributed by atoms with van der Waals surface area (Å²) < 4.78 is 66.9. The molecule has 1 heterocycles. The molecule has 0 radical (unpaired) electrons. The molecule has 0 aliphatic carbocycles. The van der Waals surface area contributed by atoms with Crippen molar-refractivity contribution in [3.8, 4) is 0 Å². The van der Waals surface area contributed by atoms with E-state index in [2.05, 4.69) is 15.3 Å². The first-order valence-corrected chi connectivity index (χ1v) is 10.2. The Morgan fingerprint density at radius 2 is 1.76 bits per heavy atom. The van der Waals surface area contributed by atoms with Crippen LogP contribution >= 0.6 is 11.6 Å². The van der Waals surface area contributed by atoms with E-state index in [1.54, 1.807) is 48.5 Å². The molecule has 0 unspecified atom stereocenters. The van der Waals surface area contributed by atoms with E-state index in [-0.39, 0.29) is 5.95 Å². The van der Waals surface area contributed by atoms with Crippen molar-refractivity contribution in [1.82, 2.24) is 9.97 Å². The molecule has 6 nitrogen and oxygen atoms in total. The second-order valence-corrected chi connectivity index (χ2v) is 8.09. The van der Waals surface area contributed by atoms with E-state index in [1.807, 2.05) is 4.72 Å². The molecule has 11 heteroatoms. The Hall–Kier alpha value is -2.85. The molecule has 2 aromatic carbocycles. The molecule has 0 fully saturated rings. The van der Waals surface area contributed by atoms with E-state index in [9.17, 15) is 21.6 Å². The summed E-state index contributed by atoms with van der Waals surface area (Å²) in [6.45, 7) is 0. The van der Waals surface area contributed by atoms with Gasteiger partial charge in [-0.1, -0.05) is 48.0 Å². The maximum atomic E-state index is 13.5. The Morgan fingerprint density at radius 3 is 2.41 bits per heavy atom. The number of nitrogens with zero attached hydrogens (tertiary/aromatic N) is 2. The molecule has 0 saturated carbocycles. The van der Waals surface area contributed by atoms with E-state index in [0.29, 0.717) is 16.3 Å². The molecule has 0 aliphatic heterocycles. The highest BCUT2D eigenvalue weighted by atomic mass is 35.5. The van der Waals surface area contributed by atoms with Gasteiger partial charge in [0.25, 0.3) is 0 Å². The third-order valence-electron chi connectivity index (χ3n) is 3.60. The highest BCUT2D eigenvalue weighted by Crippen LogP contribution is 2.34. The Labute approximate surface area is 169 Å². The molecular formula is C18H14ClF3N4O2S. The molecule has 3 rings (SSSR count). The van der Waals surface area contributed by atoms with Crippen LogP contribution in [0, 0.1) is 0 Å². The third kappa shape index (κ3) is 5.81. The summed E-state index contributed by atoms with van der Waals surface area (Å²) in [6, 6.07) is 14.3. The summed E-state index contributed by atoms with van der Waals surface area (Å²) in [6.07, 6.45) is -4.14. The highest BCUT2D eigenvalue weighted by molar-refractivity contribution is 7.91. The van der Waals surface area contributed by atoms with Crippen LogP contribution in [0.25, 0.3) is 0 Å². The van der Waals surface area contributed by atoms with Gasteiger partial charge in [-0.25, -0.2) is 18.4 Å². The van der Waals surface area contributed by atoms with Crippen LogP contribution in [0.1, 0.15) is 11.3 Å². The molecule has 0 amide bonds. The normalized spacial score (nSPS) is 11.9. The van der Waals surface area contributed by atoms with Crippen molar-refractivity contribution >= 4 is 38.9 Å². The summed E-state index contributed by atoms with van der Waals surface area (Å²) in [5, 5.41) is 2.97. The standard InChI is InChI=1S/C18H14ClF3N4O2S/c19-13-7-4-8-14(9-13)24-17-23-10-15(16(25-17)18(20,21)22)26-29(27,28)11-12-5-2-1-3-6-12/h1-10,26H,11H2,(H,23,24,25). The van der Waals surface area contributed by atoms with Crippen LogP contribution in [0.4, 0.5) is 30.5 Å². The first kappa shape index (κ1) is 20.9. The number of sulfonamides is 1. The second kappa shape index (κ2) is 8.26. The smallest absolute Gasteiger partial charge is 0.324 e. The van der Waals surface area contributed by atoms with Crippen LogP contribution in [0.15, 0.2) is 60.8 Å². The summed E-state index contributed by atoms with van der Waals surface area (Å²) in [4.78, 5) is 7.22. The molecule has 29 heavy (non-hydrogen) atoms. The number of anilines is 3. The van der Waals surface area contributed by atoms with Crippen molar-refractivity contribution < 1.29 is 21.6 Å². The van der Waals surface area contributed by atoms with E-state index in [4.69, 9.17) is 11.6 Å². The zero-order chi connectivity index (χ0) is 21.1. The van der Waals surface area contributed by atoms with E-state index in [1.165, 1.54) is 6.07 Å². The first-order chi connectivity index (χ1) is 13.6. The molecule has 3 aromatic rings. The molecule has 0 bridgehead atoms. The quantitative estimate of drug-likeness (QED) is 0.571. The average molecular weight is 443 g/mol. The number of halogens is 4. The Balaban J connectivity index is 1.88. The summed E-state index contributed by atoms with van der Waals surface area (Å²) in [5.74, 6) is -0.848. The minimum absolute atomic E-state index is 0.356. The number of nitrogens with one attached hydrogen (secondary N) is 2. The maximum absolute atomic E-state index is 13.5. The molecule has 152 valence electrons. The van der Waals surface area contributed by atoms with Crippen LogP contribution in [0.2, 0.25) is 5.02 Å². The van der Waals surface area contributed by atoms with Crippen molar-refractivity contribution in [2.45, 2.75) is 11.9 Å². The van der Waals surface area contributed by atoms with Crippen molar-refractivity contribution in [3.63, 3.8) is 0 Å². The molecule has 0 spiro atoms. The number of benzene rings is 2. The summed E-state index contributed by atoms with van der Waals surface area (Å²) >= 11 is 5.84. The second-order valence-electron chi connectivity index (χ2n) is 5.94. The first-order valence-electron chi connectivity index (χ1n) is 8.14. The number of alkyl halides is 3. The molecule has 0 aliphatic rings. The molecule has 0 saturated heterocycles. The Bertz CT molecular complexity index is 1110. The lowest BCUT2D eigenvalue weighted by atomic mass is 10.2. The fourth-order valence-electron chi connectivity index (χ4n) is 2.43. The van der Waals surface area contributed by atoms with Crippen LogP contribution < -0.4 is 10.0 Å². The van der Waals surface area contributed by atoms with Gasteiger partial charge in [0.05, 0.1) is 17.6 Å². The van der Waals surface area contributed by atoms with Crippen molar-refractivity contribution in [2.24, 2.45) is 0 Å². The molecule has 1 aromatic heterocycles. The lowest BCUT2D eigenvalue weighted by Crippen LogP contribution is -2.20. The summed E-state index contributed by atoms with van der Waals surface area (Å²) in [5.41, 5.74) is -1.37. The van der Waals surface area contributed by atoms with Gasteiger partial charge >= 0.3 is 6.18 Å². The number of hydrogen-bond acceptors (Lipinski definition) is 5. The van der Waals surface area contributed by atoms with Gasteiger partial charge in [-0.3, -0.25) is 4.72 Å². The van der Waals surface area contributed by atoms with Gasteiger partial charge in [0.15, 0.2) is 5.69 Å². The van der Waals surface area contributed by atoms with E-state index < -0.39 is 33.3 Å². The predicted molar refractivity (Wildman–Crippen MR) is 104 cm³/mol. The summed E-state index contributed by atoms with van der Waals surface area (Å²) in [7, 11) is -4.12. The van der Waals surface area contributed by atoms with Gasteiger partial charge in [-0.2, -0.15) is 13.2 Å². The number of hydrogen-bond donors (Lipinski definition) is 2.